The van der Waals surface area contributed by atoms with Crippen molar-refractivity contribution in [3.05, 3.63) is 11.6 Å². The number of ether oxygens (including phenoxy) is 1. The van der Waals surface area contributed by atoms with Gasteiger partial charge in [0.15, 0.2) is 0 Å². The number of rotatable bonds is 22. The SMILES string of the molecule is CC(C)[C@@H](C)CCC=C1CCCC1.CC(C)[C@@H](C)CCCC1(O)CCCC1.CCC(O)(CC)CCC[C@H](C)C(C)C.COC1(CCC[C@H](C)C(C)C)CCCC1. The molecule has 0 heterocycles. The van der Waals surface area contributed by atoms with Crippen molar-refractivity contribution >= 4 is 0 Å². The Balaban J connectivity index is 0.000000721. The zero-order valence-corrected chi connectivity index (χ0v) is 41.2. The Hall–Kier alpha value is -0.380. The van der Waals surface area contributed by atoms with Crippen LogP contribution in [0.1, 0.15) is 257 Å². The van der Waals surface area contributed by atoms with E-state index in [-0.39, 0.29) is 11.2 Å². The van der Waals surface area contributed by atoms with Gasteiger partial charge >= 0.3 is 0 Å². The summed E-state index contributed by atoms with van der Waals surface area (Å²) in [5.74, 6) is 6.57. The summed E-state index contributed by atoms with van der Waals surface area (Å²) >= 11 is 0. The van der Waals surface area contributed by atoms with Crippen LogP contribution in [0.4, 0.5) is 0 Å². The third-order valence-electron chi connectivity index (χ3n) is 15.5. The minimum atomic E-state index is -0.392. The Morgan fingerprint density at radius 2 is 0.964 bits per heavy atom. The maximum Gasteiger partial charge on any atom is 0.0678 e. The number of hydrogen-bond acceptors (Lipinski definition) is 3. The molecule has 3 rings (SSSR count). The van der Waals surface area contributed by atoms with E-state index in [1.165, 1.54) is 116 Å². The second kappa shape index (κ2) is 30.6. The van der Waals surface area contributed by atoms with Gasteiger partial charge in [-0.3, -0.25) is 0 Å². The molecule has 2 N–H and O–H groups in total. The predicted octanol–water partition coefficient (Wildman–Crippen LogP) is 16.7. The molecule has 3 saturated carbocycles. The third-order valence-corrected chi connectivity index (χ3v) is 15.5. The quantitative estimate of drug-likeness (QED) is 0.107. The maximum atomic E-state index is 10.1. The van der Waals surface area contributed by atoms with Crippen molar-refractivity contribution in [2.45, 2.75) is 274 Å². The third kappa shape index (κ3) is 25.3. The van der Waals surface area contributed by atoms with Gasteiger partial charge < -0.3 is 14.9 Å². The van der Waals surface area contributed by atoms with Gasteiger partial charge in [-0.25, -0.2) is 0 Å². The molecular weight excluding hydrogens is 685 g/mol. The molecule has 3 nitrogen and oxygen atoms in total. The lowest BCUT2D eigenvalue weighted by Gasteiger charge is -2.28. The van der Waals surface area contributed by atoms with E-state index >= 15 is 0 Å². The van der Waals surface area contributed by atoms with Gasteiger partial charge in [0.25, 0.3) is 0 Å². The largest absolute Gasteiger partial charge is 0.390 e. The van der Waals surface area contributed by atoms with Gasteiger partial charge in [0.2, 0.25) is 0 Å². The van der Waals surface area contributed by atoms with Crippen LogP contribution in [0.25, 0.3) is 0 Å². The number of hydrogen-bond donors (Lipinski definition) is 2. The molecule has 0 unspecified atom stereocenters. The average molecular weight is 791 g/mol. The first-order valence-electron chi connectivity index (χ1n) is 25.0. The van der Waals surface area contributed by atoms with E-state index in [1.54, 1.807) is 5.57 Å². The van der Waals surface area contributed by atoms with Crippen LogP contribution in [0.3, 0.4) is 0 Å². The summed E-state index contributed by atoms with van der Waals surface area (Å²) in [5.41, 5.74) is 1.32. The topological polar surface area (TPSA) is 49.7 Å². The van der Waals surface area contributed by atoms with Crippen LogP contribution in [0, 0.1) is 47.3 Å². The number of allylic oxidation sites excluding steroid dienone is 2. The normalized spacial score (nSPS) is 19.9. The summed E-state index contributed by atoms with van der Waals surface area (Å²) in [6, 6.07) is 0. The first kappa shape index (κ1) is 55.6. The molecule has 0 radical (unpaired) electrons. The lowest BCUT2D eigenvalue weighted by molar-refractivity contribution is -0.0140. The summed E-state index contributed by atoms with van der Waals surface area (Å²) in [7, 11) is 1.90. The standard InChI is InChI=1S/C14H28O.C13H26O.C13H28O.C13H24/c1-12(2)13(3)8-7-11-14(15-4)9-5-6-10-14;1-11(2)12(3)7-6-10-13(14)8-4-5-9-13;1-6-13(14,7-2)10-8-9-12(5)11(3)4;1-11(2)12(3)7-6-10-13-8-4-5-9-13/h12-13H,5-11H2,1-4H3;11-12,14H,4-10H2,1-3H3;11-12,14H,6-10H2,1-5H3;10-12H,4-9H2,1-3H3/t13-;3*12-/m0000/s1. The van der Waals surface area contributed by atoms with Crippen molar-refractivity contribution in [1.29, 1.82) is 0 Å². The van der Waals surface area contributed by atoms with Crippen molar-refractivity contribution in [1.82, 2.24) is 0 Å². The summed E-state index contributed by atoms with van der Waals surface area (Å²) in [5, 5.41) is 20.2. The van der Waals surface area contributed by atoms with Crippen LogP contribution in [0.5, 0.6) is 0 Å². The molecule has 0 spiro atoms. The fourth-order valence-corrected chi connectivity index (χ4v) is 8.63. The molecule has 56 heavy (non-hydrogen) atoms. The highest BCUT2D eigenvalue weighted by Gasteiger charge is 2.33. The predicted molar refractivity (Wildman–Crippen MR) is 251 cm³/mol. The molecule has 3 heteroatoms. The zero-order valence-electron chi connectivity index (χ0n) is 41.2. The van der Waals surface area contributed by atoms with Crippen molar-refractivity contribution in [2.24, 2.45) is 47.3 Å². The molecule has 0 bridgehead atoms. The highest BCUT2D eigenvalue weighted by molar-refractivity contribution is 5.05. The minimum Gasteiger partial charge on any atom is -0.390 e. The number of methoxy groups -OCH3 is 1. The Bertz CT molecular complexity index is 903. The van der Waals surface area contributed by atoms with Gasteiger partial charge in [0.05, 0.1) is 16.8 Å². The van der Waals surface area contributed by atoms with Crippen molar-refractivity contribution in [2.75, 3.05) is 7.11 Å². The van der Waals surface area contributed by atoms with Crippen LogP contribution < -0.4 is 0 Å². The van der Waals surface area contributed by atoms with Gasteiger partial charge in [0, 0.05) is 7.11 Å². The van der Waals surface area contributed by atoms with Gasteiger partial charge in [-0.2, -0.15) is 0 Å². The van der Waals surface area contributed by atoms with Gasteiger partial charge in [-0.05, 0) is 144 Å². The molecule has 0 saturated heterocycles. The van der Waals surface area contributed by atoms with Crippen molar-refractivity contribution in [3.8, 4) is 0 Å². The molecule has 3 aliphatic carbocycles. The fraction of sp³-hybridized carbons (Fsp3) is 0.962. The minimum absolute atomic E-state index is 0.261. The van der Waals surface area contributed by atoms with E-state index in [4.69, 9.17) is 4.74 Å². The number of aliphatic hydroxyl groups is 2. The molecule has 3 aliphatic rings. The maximum absolute atomic E-state index is 10.1. The van der Waals surface area contributed by atoms with Gasteiger partial charge in [-0.1, -0.05) is 173 Å². The Labute approximate surface area is 354 Å². The van der Waals surface area contributed by atoms with E-state index in [2.05, 4.69) is 103 Å². The Morgan fingerprint density at radius 3 is 1.38 bits per heavy atom. The molecule has 0 aromatic heterocycles. The van der Waals surface area contributed by atoms with Crippen molar-refractivity contribution < 1.29 is 14.9 Å². The van der Waals surface area contributed by atoms with Gasteiger partial charge in [-0.15, -0.1) is 0 Å². The van der Waals surface area contributed by atoms with Crippen LogP contribution in [-0.4, -0.2) is 34.1 Å². The summed E-state index contributed by atoms with van der Waals surface area (Å²) in [6.45, 7) is 32.0. The second-order valence-electron chi connectivity index (χ2n) is 21.2. The van der Waals surface area contributed by atoms with Gasteiger partial charge in [0.1, 0.15) is 0 Å². The first-order chi connectivity index (χ1) is 26.3. The lowest BCUT2D eigenvalue weighted by Crippen LogP contribution is -2.27. The van der Waals surface area contributed by atoms with Crippen molar-refractivity contribution in [3.63, 3.8) is 0 Å². The monoisotopic (exact) mass is 791 g/mol. The van der Waals surface area contributed by atoms with E-state index in [0.717, 1.165) is 92.3 Å². The fourth-order valence-electron chi connectivity index (χ4n) is 8.63. The Kier molecular flexibility index (Phi) is 30.4. The first-order valence-corrected chi connectivity index (χ1v) is 25.0. The van der Waals surface area contributed by atoms with E-state index in [1.807, 2.05) is 7.11 Å². The average Bonchev–Trinajstić information content (AvgIpc) is 3.96. The molecule has 0 aromatic rings. The van der Waals surface area contributed by atoms with Crippen LogP contribution >= 0.6 is 0 Å². The molecule has 336 valence electrons. The smallest absolute Gasteiger partial charge is 0.0678 e. The summed E-state index contributed by atoms with van der Waals surface area (Å²) in [6.07, 6.45) is 33.4. The van der Waals surface area contributed by atoms with E-state index in [9.17, 15) is 10.2 Å². The van der Waals surface area contributed by atoms with Crippen LogP contribution in [0.15, 0.2) is 11.6 Å². The highest BCUT2D eigenvalue weighted by atomic mass is 16.5. The molecule has 0 aromatic carbocycles. The van der Waals surface area contributed by atoms with Crippen LogP contribution in [0.2, 0.25) is 0 Å². The zero-order chi connectivity index (χ0) is 42.8. The summed E-state index contributed by atoms with van der Waals surface area (Å²) < 4.78 is 5.74. The molecular formula is C53H106O3. The highest BCUT2D eigenvalue weighted by Crippen LogP contribution is 2.38. The Morgan fingerprint density at radius 1 is 0.571 bits per heavy atom. The van der Waals surface area contributed by atoms with Crippen LogP contribution in [-0.2, 0) is 4.74 Å². The molecule has 0 amide bonds. The molecule has 3 fully saturated rings. The second-order valence-corrected chi connectivity index (χ2v) is 21.2. The summed E-state index contributed by atoms with van der Waals surface area (Å²) in [4.78, 5) is 0. The molecule has 4 atom stereocenters. The van der Waals surface area contributed by atoms with E-state index in [0.29, 0.717) is 0 Å². The molecule has 0 aliphatic heterocycles. The lowest BCUT2D eigenvalue weighted by atomic mass is 9.87. The van der Waals surface area contributed by atoms with E-state index < -0.39 is 5.60 Å².